The van der Waals surface area contributed by atoms with E-state index in [1.54, 1.807) is 38.3 Å². The van der Waals surface area contributed by atoms with Crippen LogP contribution in [0.2, 0.25) is 0 Å². The molecule has 0 aliphatic rings. The minimum Gasteiger partial charge on any atom is -0.497 e. The van der Waals surface area contributed by atoms with Crippen LogP contribution >= 0.6 is 0 Å². The van der Waals surface area contributed by atoms with Gasteiger partial charge in [0.05, 0.1) is 19.1 Å². The zero-order chi connectivity index (χ0) is 24.6. The van der Waals surface area contributed by atoms with Crippen LogP contribution < -0.4 is 14.4 Å². The third-order valence-corrected chi connectivity index (χ3v) is 6.64. The second kappa shape index (κ2) is 11.7. The fourth-order valence-corrected chi connectivity index (χ4v) is 4.57. The lowest BCUT2D eigenvalue weighted by atomic mass is 10.1. The van der Waals surface area contributed by atoms with Crippen LogP contribution in [-0.4, -0.2) is 58.1 Å². The number of methoxy groups -OCH3 is 1. The number of hydrogen-bond acceptors (Lipinski definition) is 5. The molecule has 0 spiro atoms. The first-order valence-corrected chi connectivity index (χ1v) is 12.6. The largest absolute Gasteiger partial charge is 0.497 e. The maximum Gasteiger partial charge on any atom is 0.242 e. The van der Waals surface area contributed by atoms with Gasteiger partial charge >= 0.3 is 0 Å². The molecule has 2 amide bonds. The maximum absolute atomic E-state index is 13.1. The van der Waals surface area contributed by atoms with Crippen LogP contribution in [0.4, 0.5) is 5.69 Å². The Morgan fingerprint density at radius 1 is 1.09 bits per heavy atom. The smallest absolute Gasteiger partial charge is 0.242 e. The second-order valence-corrected chi connectivity index (χ2v) is 9.79. The number of para-hydroxylation sites is 1. The summed E-state index contributed by atoms with van der Waals surface area (Å²) in [6.45, 7) is 3.95. The molecule has 1 N–H and O–H groups in total. The SMILES string of the molecule is CNC(=O)C(C)N(Cc1ccc(OC)cc1)C(=O)CCCN(c1ccccc1C)S(C)(=O)=O. The number of carbonyl (C=O) groups excluding carboxylic acids is 2. The van der Waals surface area contributed by atoms with Crippen LogP contribution in [-0.2, 0) is 26.2 Å². The molecule has 0 saturated heterocycles. The normalized spacial score (nSPS) is 12.0. The lowest BCUT2D eigenvalue weighted by Gasteiger charge is -2.29. The highest BCUT2D eigenvalue weighted by Crippen LogP contribution is 2.23. The number of likely N-dealkylation sites (N-methyl/N-ethyl adjacent to an activating group) is 1. The van der Waals surface area contributed by atoms with Crippen LogP contribution in [0.15, 0.2) is 48.5 Å². The van der Waals surface area contributed by atoms with Crippen molar-refractivity contribution in [3.8, 4) is 5.75 Å². The Kier molecular flexibility index (Phi) is 9.28. The van der Waals surface area contributed by atoms with E-state index in [9.17, 15) is 18.0 Å². The van der Waals surface area contributed by atoms with E-state index < -0.39 is 16.1 Å². The summed E-state index contributed by atoms with van der Waals surface area (Å²) in [5.41, 5.74) is 2.29. The van der Waals surface area contributed by atoms with Crippen molar-refractivity contribution in [3.05, 3.63) is 59.7 Å². The van der Waals surface area contributed by atoms with Crippen molar-refractivity contribution >= 4 is 27.5 Å². The molecule has 1 atom stereocenters. The van der Waals surface area contributed by atoms with Crippen LogP contribution in [0.3, 0.4) is 0 Å². The quantitative estimate of drug-likeness (QED) is 0.539. The Bertz CT molecular complexity index is 1050. The van der Waals surface area contributed by atoms with E-state index in [1.807, 2.05) is 31.2 Å². The number of nitrogens with zero attached hydrogens (tertiary/aromatic N) is 2. The zero-order valence-corrected chi connectivity index (χ0v) is 20.7. The highest BCUT2D eigenvalue weighted by atomic mass is 32.2. The van der Waals surface area contributed by atoms with Crippen LogP contribution in [0.5, 0.6) is 5.75 Å². The molecule has 0 fully saturated rings. The number of hydrogen-bond donors (Lipinski definition) is 1. The first-order chi connectivity index (χ1) is 15.6. The van der Waals surface area contributed by atoms with Crippen molar-refractivity contribution in [2.45, 2.75) is 39.3 Å². The third kappa shape index (κ3) is 7.21. The highest BCUT2D eigenvalue weighted by Gasteiger charge is 2.26. The molecule has 0 heterocycles. The van der Waals surface area contributed by atoms with Crippen molar-refractivity contribution in [3.63, 3.8) is 0 Å². The zero-order valence-electron chi connectivity index (χ0n) is 19.9. The molecule has 0 radical (unpaired) electrons. The summed E-state index contributed by atoms with van der Waals surface area (Å²) < 4.78 is 31.3. The molecule has 0 aliphatic heterocycles. The van der Waals surface area contributed by atoms with Crippen molar-refractivity contribution in [1.82, 2.24) is 10.2 Å². The van der Waals surface area contributed by atoms with E-state index in [1.165, 1.54) is 16.3 Å². The molecule has 1 unspecified atom stereocenters. The first kappa shape index (κ1) is 26.2. The second-order valence-electron chi connectivity index (χ2n) is 7.89. The van der Waals surface area contributed by atoms with Gasteiger partial charge in [-0.15, -0.1) is 0 Å². The fraction of sp³-hybridized carbons (Fsp3) is 0.417. The summed E-state index contributed by atoms with van der Waals surface area (Å²) in [5.74, 6) is 0.211. The number of nitrogens with one attached hydrogen (secondary N) is 1. The summed E-state index contributed by atoms with van der Waals surface area (Å²) in [5, 5.41) is 2.59. The summed E-state index contributed by atoms with van der Waals surface area (Å²) in [6, 6.07) is 13.9. The minimum atomic E-state index is -3.52. The Labute approximate surface area is 196 Å². The number of sulfonamides is 1. The van der Waals surface area contributed by atoms with Crippen molar-refractivity contribution in [2.75, 3.05) is 31.3 Å². The third-order valence-electron chi connectivity index (χ3n) is 5.46. The van der Waals surface area contributed by atoms with Gasteiger partial charge in [-0.3, -0.25) is 13.9 Å². The summed E-state index contributed by atoms with van der Waals surface area (Å²) in [4.78, 5) is 26.9. The standard InChI is InChI=1S/C24H33N3O5S/c1-18-9-6-7-10-22(18)27(33(5,30)31)16-8-11-23(28)26(19(2)24(29)25-3)17-20-12-14-21(32-4)15-13-20/h6-7,9-10,12-15,19H,8,11,16-17H2,1-5H3,(H,25,29). The van der Waals surface area contributed by atoms with Gasteiger partial charge in [0, 0.05) is 26.6 Å². The number of ether oxygens (including phenoxy) is 1. The Balaban J connectivity index is 2.15. The molecule has 2 aromatic rings. The number of anilines is 1. The van der Waals surface area contributed by atoms with Crippen molar-refractivity contribution in [1.29, 1.82) is 0 Å². The first-order valence-electron chi connectivity index (χ1n) is 10.8. The van der Waals surface area contributed by atoms with Gasteiger partial charge < -0.3 is 15.0 Å². The van der Waals surface area contributed by atoms with Crippen LogP contribution in [0.25, 0.3) is 0 Å². The monoisotopic (exact) mass is 475 g/mol. The highest BCUT2D eigenvalue weighted by molar-refractivity contribution is 7.92. The molecule has 0 aliphatic carbocycles. The van der Waals surface area contributed by atoms with E-state index in [2.05, 4.69) is 5.32 Å². The number of rotatable bonds is 11. The van der Waals surface area contributed by atoms with Gasteiger partial charge in [0.25, 0.3) is 0 Å². The predicted molar refractivity (Wildman–Crippen MR) is 130 cm³/mol. The van der Waals surface area contributed by atoms with Crippen LogP contribution in [0.1, 0.15) is 30.9 Å². The van der Waals surface area contributed by atoms with E-state index in [-0.39, 0.29) is 31.3 Å². The maximum atomic E-state index is 13.1. The van der Waals surface area contributed by atoms with Crippen LogP contribution in [0, 0.1) is 6.92 Å². The summed E-state index contributed by atoms with van der Waals surface area (Å²) in [7, 11) is -0.408. The Hall–Kier alpha value is -3.07. The average molecular weight is 476 g/mol. The lowest BCUT2D eigenvalue weighted by Crippen LogP contribution is -2.46. The number of carbonyl (C=O) groups is 2. The lowest BCUT2D eigenvalue weighted by molar-refractivity contribution is -0.140. The molecule has 180 valence electrons. The molecule has 33 heavy (non-hydrogen) atoms. The van der Waals surface area contributed by atoms with Gasteiger partial charge in [0.2, 0.25) is 21.8 Å². The van der Waals surface area contributed by atoms with E-state index in [0.29, 0.717) is 17.9 Å². The van der Waals surface area contributed by atoms with E-state index in [4.69, 9.17) is 4.74 Å². The van der Waals surface area contributed by atoms with Gasteiger partial charge in [-0.25, -0.2) is 8.42 Å². The molecule has 2 rings (SSSR count). The Morgan fingerprint density at radius 3 is 2.27 bits per heavy atom. The van der Waals surface area contributed by atoms with Gasteiger partial charge in [0.15, 0.2) is 0 Å². The average Bonchev–Trinajstić information content (AvgIpc) is 2.79. The number of aryl methyl sites for hydroxylation is 1. The summed E-state index contributed by atoms with van der Waals surface area (Å²) in [6.07, 6.45) is 1.58. The van der Waals surface area contributed by atoms with Gasteiger partial charge in [-0.1, -0.05) is 30.3 Å². The molecule has 9 heteroatoms. The molecule has 0 bridgehead atoms. The van der Waals surface area contributed by atoms with Crippen molar-refractivity contribution in [2.24, 2.45) is 0 Å². The van der Waals surface area contributed by atoms with Gasteiger partial charge in [-0.2, -0.15) is 0 Å². The Morgan fingerprint density at radius 2 is 1.73 bits per heavy atom. The van der Waals surface area contributed by atoms with Crippen molar-refractivity contribution < 1.29 is 22.7 Å². The molecule has 2 aromatic carbocycles. The summed E-state index contributed by atoms with van der Waals surface area (Å²) >= 11 is 0. The topological polar surface area (TPSA) is 96.0 Å². The van der Waals surface area contributed by atoms with E-state index in [0.717, 1.165) is 17.4 Å². The molecular weight excluding hydrogens is 442 g/mol. The molecule has 0 aromatic heterocycles. The number of amides is 2. The molecular formula is C24H33N3O5S. The molecule has 8 nitrogen and oxygen atoms in total. The predicted octanol–water partition coefficient (Wildman–Crippen LogP) is 2.71. The van der Waals surface area contributed by atoms with E-state index >= 15 is 0 Å². The number of benzene rings is 2. The van der Waals surface area contributed by atoms with Gasteiger partial charge in [-0.05, 0) is 49.6 Å². The minimum absolute atomic E-state index is 0.107. The van der Waals surface area contributed by atoms with Gasteiger partial charge in [0.1, 0.15) is 11.8 Å². The fourth-order valence-electron chi connectivity index (χ4n) is 3.54. The molecule has 0 saturated carbocycles.